The highest BCUT2D eigenvalue weighted by Crippen LogP contribution is 2.34. The maximum Gasteiger partial charge on any atom is 0.416 e. The normalized spacial score (nSPS) is 21.6. The lowest BCUT2D eigenvalue weighted by molar-refractivity contribution is -0.147. The van der Waals surface area contributed by atoms with Gasteiger partial charge in [-0.05, 0) is 66.6 Å². The molecule has 1 N–H and O–H groups in total. The van der Waals surface area contributed by atoms with E-state index in [4.69, 9.17) is 9.84 Å². The highest BCUT2D eigenvalue weighted by Gasteiger charge is 2.38. The molecule has 0 radical (unpaired) electrons. The third-order valence-corrected chi connectivity index (χ3v) is 6.41. The Morgan fingerprint density at radius 3 is 2.50 bits per heavy atom. The van der Waals surface area contributed by atoms with E-state index >= 15 is 0 Å². The topological polar surface area (TPSA) is 49.8 Å². The summed E-state index contributed by atoms with van der Waals surface area (Å²) in [4.78, 5) is 13.5. The second kappa shape index (κ2) is 9.36. The summed E-state index contributed by atoms with van der Waals surface area (Å²) in [7, 11) is 0. The lowest BCUT2D eigenvalue weighted by atomic mass is 9.79. The van der Waals surface area contributed by atoms with E-state index in [2.05, 4.69) is 11.0 Å². The molecular formula is C25H26F3NO3. The Balaban J connectivity index is 1.33. The van der Waals surface area contributed by atoms with Gasteiger partial charge >= 0.3 is 12.1 Å². The Morgan fingerprint density at radius 2 is 1.81 bits per heavy atom. The van der Waals surface area contributed by atoms with E-state index in [9.17, 15) is 18.0 Å². The number of aliphatic carboxylic acids is 1. The SMILES string of the molecule is O=C(O)C1CC(N2CCc3cccc(OC/C=C/c4ccc(C(F)(F)F)cc4)c3CC2)C1. The van der Waals surface area contributed by atoms with Crippen molar-refractivity contribution in [3.63, 3.8) is 0 Å². The van der Waals surface area contributed by atoms with Gasteiger partial charge < -0.3 is 9.84 Å². The van der Waals surface area contributed by atoms with Crippen LogP contribution in [0.3, 0.4) is 0 Å². The molecule has 2 aliphatic rings. The summed E-state index contributed by atoms with van der Waals surface area (Å²) in [5.41, 5.74) is 2.47. The zero-order chi connectivity index (χ0) is 22.7. The number of carboxylic acids is 1. The first-order chi connectivity index (χ1) is 15.3. The molecule has 4 nitrogen and oxygen atoms in total. The molecule has 0 unspecified atom stereocenters. The Kier molecular flexibility index (Phi) is 6.55. The van der Waals surface area contributed by atoms with Crippen molar-refractivity contribution in [2.75, 3.05) is 19.7 Å². The highest BCUT2D eigenvalue weighted by atomic mass is 19.4. The number of carboxylic acid groups (broad SMARTS) is 1. The summed E-state index contributed by atoms with van der Waals surface area (Å²) < 4.78 is 44.0. The Labute approximate surface area is 185 Å². The van der Waals surface area contributed by atoms with Crippen LogP contribution in [0.4, 0.5) is 13.2 Å². The summed E-state index contributed by atoms with van der Waals surface area (Å²) in [6, 6.07) is 11.4. The molecule has 1 saturated carbocycles. The molecule has 32 heavy (non-hydrogen) atoms. The van der Waals surface area contributed by atoms with Crippen LogP contribution < -0.4 is 4.74 Å². The molecule has 0 amide bonds. The number of hydrogen-bond donors (Lipinski definition) is 1. The molecule has 1 aliphatic carbocycles. The van der Waals surface area contributed by atoms with Crippen LogP contribution in [0.1, 0.15) is 35.1 Å². The third-order valence-electron chi connectivity index (χ3n) is 6.41. The zero-order valence-electron chi connectivity index (χ0n) is 17.6. The quantitative estimate of drug-likeness (QED) is 0.675. The van der Waals surface area contributed by atoms with Crippen molar-refractivity contribution in [2.24, 2.45) is 5.92 Å². The second-order valence-electron chi connectivity index (χ2n) is 8.42. The van der Waals surface area contributed by atoms with Gasteiger partial charge in [0.1, 0.15) is 12.4 Å². The van der Waals surface area contributed by atoms with Crippen LogP contribution in [0.15, 0.2) is 48.5 Å². The standard InChI is InChI=1S/C25H26F3NO3/c26-25(27,28)20-8-6-17(7-9-20)3-2-14-32-23-5-1-4-18-10-12-29(13-11-22(18)23)21-15-19(16-21)24(30)31/h1-9,19,21H,10-16H2,(H,30,31)/b3-2+. The third kappa shape index (κ3) is 5.15. The molecule has 2 aromatic rings. The summed E-state index contributed by atoms with van der Waals surface area (Å²) in [5, 5.41) is 9.12. The average molecular weight is 445 g/mol. The van der Waals surface area contributed by atoms with Crippen LogP contribution in [-0.4, -0.2) is 41.7 Å². The fourth-order valence-electron chi connectivity index (χ4n) is 4.45. The molecular weight excluding hydrogens is 419 g/mol. The van der Waals surface area contributed by atoms with Gasteiger partial charge in [0, 0.05) is 19.1 Å². The van der Waals surface area contributed by atoms with Gasteiger partial charge in [-0.2, -0.15) is 13.2 Å². The lowest BCUT2D eigenvalue weighted by Gasteiger charge is -2.40. The number of hydrogen-bond acceptors (Lipinski definition) is 3. The van der Waals surface area contributed by atoms with E-state index in [0.29, 0.717) is 18.2 Å². The van der Waals surface area contributed by atoms with Gasteiger partial charge in [-0.3, -0.25) is 9.69 Å². The molecule has 0 bridgehead atoms. The van der Waals surface area contributed by atoms with E-state index in [1.165, 1.54) is 23.3 Å². The van der Waals surface area contributed by atoms with Crippen LogP contribution in [0.5, 0.6) is 5.75 Å². The number of carbonyl (C=O) groups is 1. The van der Waals surface area contributed by atoms with Crippen LogP contribution in [-0.2, 0) is 23.8 Å². The molecule has 1 heterocycles. The monoisotopic (exact) mass is 445 g/mol. The number of fused-ring (bicyclic) bond motifs is 1. The Bertz CT molecular complexity index is 979. The van der Waals surface area contributed by atoms with Crippen LogP contribution in [0, 0.1) is 5.92 Å². The number of rotatable bonds is 6. The molecule has 0 saturated heterocycles. The predicted octanol–water partition coefficient (Wildman–Crippen LogP) is 5.06. The van der Waals surface area contributed by atoms with Gasteiger partial charge in [0.15, 0.2) is 0 Å². The lowest BCUT2D eigenvalue weighted by Crippen LogP contribution is -2.47. The van der Waals surface area contributed by atoms with Gasteiger partial charge in [-0.25, -0.2) is 0 Å². The van der Waals surface area contributed by atoms with E-state index in [1.54, 1.807) is 12.2 Å². The van der Waals surface area contributed by atoms with Crippen molar-refractivity contribution >= 4 is 12.0 Å². The largest absolute Gasteiger partial charge is 0.489 e. The fraction of sp³-hybridized carbons (Fsp3) is 0.400. The molecule has 170 valence electrons. The van der Waals surface area contributed by atoms with Gasteiger partial charge in [-0.15, -0.1) is 0 Å². The Hall–Kier alpha value is -2.80. The molecule has 0 atom stereocenters. The molecule has 0 aromatic heterocycles. The number of nitrogens with zero attached hydrogens (tertiary/aromatic N) is 1. The summed E-state index contributed by atoms with van der Waals surface area (Å²) in [5.74, 6) is -0.0705. The van der Waals surface area contributed by atoms with Gasteiger partial charge in [0.2, 0.25) is 0 Å². The molecule has 1 fully saturated rings. The van der Waals surface area contributed by atoms with Crippen LogP contribution >= 0.6 is 0 Å². The maximum absolute atomic E-state index is 12.7. The minimum Gasteiger partial charge on any atom is -0.489 e. The highest BCUT2D eigenvalue weighted by molar-refractivity contribution is 5.71. The first-order valence-corrected chi connectivity index (χ1v) is 10.9. The van der Waals surface area contributed by atoms with Crippen molar-refractivity contribution in [1.82, 2.24) is 4.90 Å². The first kappa shape index (κ1) is 22.4. The summed E-state index contributed by atoms with van der Waals surface area (Å²) in [6.07, 6.45) is 2.42. The number of ether oxygens (including phenoxy) is 1. The minimum absolute atomic E-state index is 0.207. The molecule has 4 rings (SSSR count). The molecule has 1 aliphatic heterocycles. The van der Waals surface area contributed by atoms with Crippen LogP contribution in [0.2, 0.25) is 0 Å². The zero-order valence-corrected chi connectivity index (χ0v) is 17.6. The number of benzene rings is 2. The smallest absolute Gasteiger partial charge is 0.416 e. The minimum atomic E-state index is -4.33. The van der Waals surface area contributed by atoms with Crippen molar-refractivity contribution in [2.45, 2.75) is 37.9 Å². The first-order valence-electron chi connectivity index (χ1n) is 10.9. The fourth-order valence-corrected chi connectivity index (χ4v) is 4.45. The van der Waals surface area contributed by atoms with E-state index in [-0.39, 0.29) is 5.92 Å². The van der Waals surface area contributed by atoms with E-state index in [0.717, 1.165) is 56.7 Å². The van der Waals surface area contributed by atoms with Crippen LogP contribution in [0.25, 0.3) is 6.08 Å². The summed E-state index contributed by atoms with van der Waals surface area (Å²) in [6.45, 7) is 2.12. The summed E-state index contributed by atoms with van der Waals surface area (Å²) >= 11 is 0. The van der Waals surface area contributed by atoms with Crippen molar-refractivity contribution in [1.29, 1.82) is 0 Å². The van der Waals surface area contributed by atoms with E-state index in [1.807, 2.05) is 12.1 Å². The number of alkyl halides is 3. The van der Waals surface area contributed by atoms with Gasteiger partial charge in [-0.1, -0.05) is 30.3 Å². The number of halogens is 3. The van der Waals surface area contributed by atoms with Gasteiger partial charge in [0.25, 0.3) is 0 Å². The van der Waals surface area contributed by atoms with Crippen molar-refractivity contribution in [3.05, 3.63) is 70.8 Å². The second-order valence-corrected chi connectivity index (χ2v) is 8.42. The molecule has 0 spiro atoms. The maximum atomic E-state index is 12.7. The molecule has 2 aromatic carbocycles. The van der Waals surface area contributed by atoms with Crippen molar-refractivity contribution < 1.29 is 27.8 Å². The average Bonchev–Trinajstić information content (AvgIpc) is 2.93. The predicted molar refractivity (Wildman–Crippen MR) is 116 cm³/mol. The molecule has 7 heteroatoms. The van der Waals surface area contributed by atoms with Gasteiger partial charge in [0.05, 0.1) is 11.5 Å². The van der Waals surface area contributed by atoms with Crippen molar-refractivity contribution in [3.8, 4) is 5.75 Å². The Morgan fingerprint density at radius 1 is 1.09 bits per heavy atom. The van der Waals surface area contributed by atoms with E-state index < -0.39 is 17.7 Å².